The fourth-order valence-electron chi connectivity index (χ4n) is 4.47. The fraction of sp³-hybridized carbons (Fsp3) is 0.435. The van der Waals surface area contributed by atoms with Crippen LogP contribution in [0, 0.1) is 5.92 Å². The standard InChI is InChI=1S/C23H26N4O3/c28-22-2-1-5-27(22)15-16-3-4-21-19(11-16)20(23(29)25-21)12-18-10-17(13-24-18)14-26-6-8-30-9-7-26/h3-4,10-13,17H,1-2,5-9,14-15H2,(H,25,29)/b20-12-. The van der Waals surface area contributed by atoms with Gasteiger partial charge in [0.25, 0.3) is 5.91 Å². The second-order valence-corrected chi connectivity index (χ2v) is 8.26. The number of carbonyl (C=O) groups is 2. The summed E-state index contributed by atoms with van der Waals surface area (Å²) in [5.74, 6) is 0.357. The third-order valence-electron chi connectivity index (χ3n) is 6.08. The van der Waals surface area contributed by atoms with Crippen molar-refractivity contribution in [2.75, 3.05) is 44.7 Å². The molecule has 0 aliphatic carbocycles. The van der Waals surface area contributed by atoms with Crippen molar-refractivity contribution in [1.82, 2.24) is 9.80 Å². The minimum absolute atomic E-state index is 0.105. The number of rotatable bonds is 5. The summed E-state index contributed by atoms with van der Waals surface area (Å²) in [5.41, 5.74) is 4.20. The lowest BCUT2D eigenvalue weighted by Gasteiger charge is -2.27. The molecule has 1 atom stereocenters. The largest absolute Gasteiger partial charge is 0.379 e. The van der Waals surface area contributed by atoms with Gasteiger partial charge in [0.1, 0.15) is 0 Å². The fourth-order valence-corrected chi connectivity index (χ4v) is 4.47. The lowest BCUT2D eigenvalue weighted by molar-refractivity contribution is -0.128. The van der Waals surface area contributed by atoms with Gasteiger partial charge in [-0.05, 0) is 36.3 Å². The van der Waals surface area contributed by atoms with Crippen LogP contribution in [0.25, 0.3) is 5.57 Å². The van der Waals surface area contributed by atoms with E-state index in [0.29, 0.717) is 18.5 Å². The van der Waals surface area contributed by atoms with Crippen molar-refractivity contribution >= 4 is 29.3 Å². The van der Waals surface area contributed by atoms with Crippen LogP contribution in [0.4, 0.5) is 5.69 Å². The Balaban J connectivity index is 1.33. The van der Waals surface area contributed by atoms with Crippen LogP contribution in [0.3, 0.4) is 0 Å². The number of benzene rings is 1. The predicted molar refractivity (Wildman–Crippen MR) is 115 cm³/mol. The van der Waals surface area contributed by atoms with E-state index in [-0.39, 0.29) is 17.7 Å². The highest BCUT2D eigenvalue weighted by atomic mass is 16.5. The molecule has 0 radical (unpaired) electrons. The zero-order valence-electron chi connectivity index (χ0n) is 17.0. The smallest absolute Gasteiger partial charge is 0.256 e. The molecule has 4 heterocycles. The number of morpholine rings is 1. The SMILES string of the molecule is O=C1Nc2ccc(CN3CCCC3=O)cc2/C1=C/C1=CC(CN2CCOCC2)C=N1. The molecule has 1 aromatic carbocycles. The van der Waals surface area contributed by atoms with Crippen LogP contribution >= 0.6 is 0 Å². The summed E-state index contributed by atoms with van der Waals surface area (Å²) in [7, 11) is 0. The molecule has 0 spiro atoms. The van der Waals surface area contributed by atoms with E-state index >= 15 is 0 Å². The first kappa shape index (κ1) is 19.2. The van der Waals surface area contributed by atoms with Crippen LogP contribution in [0.15, 0.2) is 41.0 Å². The number of fused-ring (bicyclic) bond motifs is 1. The first-order valence-corrected chi connectivity index (χ1v) is 10.7. The van der Waals surface area contributed by atoms with Gasteiger partial charge in [0.2, 0.25) is 5.91 Å². The van der Waals surface area contributed by atoms with Gasteiger partial charge in [-0.3, -0.25) is 19.5 Å². The second kappa shape index (κ2) is 8.16. The van der Waals surface area contributed by atoms with Gasteiger partial charge in [0.15, 0.2) is 0 Å². The summed E-state index contributed by atoms with van der Waals surface area (Å²) in [6.45, 7) is 5.80. The summed E-state index contributed by atoms with van der Waals surface area (Å²) in [6, 6.07) is 5.94. The molecule has 7 nitrogen and oxygen atoms in total. The van der Waals surface area contributed by atoms with E-state index < -0.39 is 0 Å². The number of nitrogens with zero attached hydrogens (tertiary/aromatic N) is 3. The number of ether oxygens (including phenoxy) is 1. The number of aliphatic imine (C=N–C) groups is 1. The first-order valence-electron chi connectivity index (χ1n) is 10.7. The zero-order valence-corrected chi connectivity index (χ0v) is 17.0. The average molecular weight is 406 g/mol. The number of hydrogen-bond acceptors (Lipinski definition) is 5. The monoisotopic (exact) mass is 406 g/mol. The van der Waals surface area contributed by atoms with Gasteiger partial charge >= 0.3 is 0 Å². The molecule has 7 heteroatoms. The quantitative estimate of drug-likeness (QED) is 0.760. The summed E-state index contributed by atoms with van der Waals surface area (Å²) < 4.78 is 5.41. The molecule has 0 saturated carbocycles. The molecule has 156 valence electrons. The van der Waals surface area contributed by atoms with Crippen molar-refractivity contribution in [3.05, 3.63) is 47.2 Å². The van der Waals surface area contributed by atoms with Gasteiger partial charge in [-0.15, -0.1) is 0 Å². The van der Waals surface area contributed by atoms with Gasteiger partial charge < -0.3 is 15.0 Å². The van der Waals surface area contributed by atoms with Crippen molar-refractivity contribution in [1.29, 1.82) is 0 Å². The lowest BCUT2D eigenvalue weighted by Crippen LogP contribution is -2.39. The highest BCUT2D eigenvalue weighted by molar-refractivity contribution is 6.32. The predicted octanol–water partition coefficient (Wildman–Crippen LogP) is 2.06. The molecule has 1 unspecified atom stereocenters. The van der Waals surface area contributed by atoms with Crippen LogP contribution in [-0.4, -0.2) is 67.2 Å². The number of likely N-dealkylation sites (tertiary alicyclic amines) is 1. The van der Waals surface area contributed by atoms with Gasteiger partial charge in [-0.2, -0.15) is 0 Å². The maximum Gasteiger partial charge on any atom is 0.256 e. The molecule has 1 N–H and O–H groups in total. The first-order chi connectivity index (χ1) is 14.7. The number of hydrogen-bond donors (Lipinski definition) is 1. The molecule has 1 aromatic rings. The lowest BCUT2D eigenvalue weighted by atomic mass is 10.0. The van der Waals surface area contributed by atoms with Crippen molar-refractivity contribution in [2.24, 2.45) is 10.9 Å². The van der Waals surface area contributed by atoms with Crippen molar-refractivity contribution in [2.45, 2.75) is 19.4 Å². The topological polar surface area (TPSA) is 74.2 Å². The third kappa shape index (κ3) is 3.95. The molecule has 2 saturated heterocycles. The Bertz CT molecular complexity index is 959. The second-order valence-electron chi connectivity index (χ2n) is 8.26. The van der Waals surface area contributed by atoms with E-state index in [1.165, 1.54) is 0 Å². The number of carbonyl (C=O) groups excluding carboxylic acids is 2. The van der Waals surface area contributed by atoms with Crippen LogP contribution < -0.4 is 5.32 Å². The van der Waals surface area contributed by atoms with E-state index in [4.69, 9.17) is 4.74 Å². The van der Waals surface area contributed by atoms with E-state index in [0.717, 1.165) is 68.3 Å². The molecule has 5 rings (SSSR count). The number of amides is 2. The molecule has 0 bridgehead atoms. The molecule has 30 heavy (non-hydrogen) atoms. The van der Waals surface area contributed by atoms with E-state index in [2.05, 4.69) is 21.3 Å². The Kier molecular flexibility index (Phi) is 5.23. The van der Waals surface area contributed by atoms with Crippen LogP contribution in [0.5, 0.6) is 0 Å². The minimum Gasteiger partial charge on any atom is -0.379 e. The Morgan fingerprint density at radius 3 is 2.87 bits per heavy atom. The third-order valence-corrected chi connectivity index (χ3v) is 6.08. The Labute approximate surface area is 176 Å². The van der Waals surface area contributed by atoms with Crippen molar-refractivity contribution in [3.8, 4) is 0 Å². The van der Waals surface area contributed by atoms with Crippen molar-refractivity contribution in [3.63, 3.8) is 0 Å². The van der Waals surface area contributed by atoms with E-state index in [1.54, 1.807) is 0 Å². The average Bonchev–Trinajstić information content (AvgIpc) is 3.44. The zero-order chi connectivity index (χ0) is 20.5. The summed E-state index contributed by atoms with van der Waals surface area (Å²) in [6.07, 6.45) is 7.52. The van der Waals surface area contributed by atoms with E-state index in [9.17, 15) is 9.59 Å². The highest BCUT2D eigenvalue weighted by Crippen LogP contribution is 2.34. The van der Waals surface area contributed by atoms with Gasteiger partial charge in [0, 0.05) is 62.5 Å². The molecule has 0 aromatic heterocycles. The molecule has 2 amide bonds. The number of allylic oxidation sites excluding steroid dienone is 1. The molecule has 2 fully saturated rings. The molecule has 4 aliphatic heterocycles. The minimum atomic E-state index is -0.105. The summed E-state index contributed by atoms with van der Waals surface area (Å²) >= 11 is 0. The van der Waals surface area contributed by atoms with Crippen LogP contribution in [0.2, 0.25) is 0 Å². The van der Waals surface area contributed by atoms with Gasteiger partial charge in [-0.25, -0.2) is 0 Å². The Morgan fingerprint density at radius 1 is 1.20 bits per heavy atom. The van der Waals surface area contributed by atoms with Crippen molar-refractivity contribution < 1.29 is 14.3 Å². The maximum absolute atomic E-state index is 12.6. The Morgan fingerprint density at radius 2 is 2.07 bits per heavy atom. The molecular weight excluding hydrogens is 380 g/mol. The summed E-state index contributed by atoms with van der Waals surface area (Å²) in [4.78, 5) is 33.3. The van der Waals surface area contributed by atoms with Gasteiger partial charge in [0.05, 0.1) is 24.5 Å². The number of anilines is 1. The number of nitrogens with one attached hydrogen (secondary N) is 1. The highest BCUT2D eigenvalue weighted by Gasteiger charge is 2.27. The molecule has 4 aliphatic rings. The normalized spacial score (nSPS) is 25.2. The molecular formula is C23H26N4O3. The summed E-state index contributed by atoms with van der Waals surface area (Å²) in [5, 5.41) is 2.94. The van der Waals surface area contributed by atoms with Crippen LogP contribution in [-0.2, 0) is 20.9 Å². The van der Waals surface area contributed by atoms with Crippen LogP contribution in [0.1, 0.15) is 24.0 Å². The Hall–Kier alpha value is -2.77. The van der Waals surface area contributed by atoms with Gasteiger partial charge in [-0.1, -0.05) is 6.07 Å². The maximum atomic E-state index is 12.6. The van der Waals surface area contributed by atoms with E-state index in [1.807, 2.05) is 35.4 Å².